The lowest BCUT2D eigenvalue weighted by molar-refractivity contribution is -0.0757. The van der Waals surface area contributed by atoms with Crippen LogP contribution in [-0.2, 0) is 4.84 Å². The Morgan fingerprint density at radius 3 is 2.76 bits per heavy atom. The Balaban J connectivity index is 1.95. The van der Waals surface area contributed by atoms with E-state index in [2.05, 4.69) is 10.2 Å². The molecule has 1 fully saturated rings. The summed E-state index contributed by atoms with van der Waals surface area (Å²) >= 11 is 0. The van der Waals surface area contributed by atoms with Crippen LogP contribution in [0.15, 0.2) is 18.2 Å². The van der Waals surface area contributed by atoms with E-state index in [4.69, 9.17) is 4.84 Å². The quantitative estimate of drug-likeness (QED) is 0.816. The molecule has 0 radical (unpaired) electrons. The van der Waals surface area contributed by atoms with Gasteiger partial charge in [-0.05, 0) is 50.6 Å². The number of nitrogens with zero attached hydrogens (tertiary/aromatic N) is 2. The summed E-state index contributed by atoms with van der Waals surface area (Å²) in [6.45, 7) is 6.30. The molecular formula is C16H25N3O2. The first kappa shape index (κ1) is 15.8. The highest BCUT2D eigenvalue weighted by atomic mass is 16.7. The number of hydrogen-bond acceptors (Lipinski definition) is 4. The molecule has 0 aliphatic carbocycles. The topological polar surface area (TPSA) is 44.8 Å². The number of hydroxylamine groups is 2. The Morgan fingerprint density at radius 2 is 2.10 bits per heavy atom. The fourth-order valence-electron chi connectivity index (χ4n) is 2.58. The molecule has 0 aromatic heterocycles. The lowest BCUT2D eigenvalue weighted by atomic mass is 10.1. The van der Waals surface area contributed by atoms with Crippen LogP contribution in [0.25, 0.3) is 0 Å². The summed E-state index contributed by atoms with van der Waals surface area (Å²) in [6.07, 6.45) is 2.62. The summed E-state index contributed by atoms with van der Waals surface area (Å²) in [5.41, 5.74) is 2.60. The number of rotatable bonds is 6. The molecule has 2 rings (SSSR count). The molecule has 1 amide bonds. The van der Waals surface area contributed by atoms with Crippen LogP contribution in [0.4, 0.5) is 5.69 Å². The van der Waals surface area contributed by atoms with Gasteiger partial charge >= 0.3 is 0 Å². The van der Waals surface area contributed by atoms with E-state index in [1.807, 2.05) is 25.1 Å². The minimum atomic E-state index is -0.127. The minimum absolute atomic E-state index is 0.127. The summed E-state index contributed by atoms with van der Waals surface area (Å²) in [5, 5.41) is 4.64. The van der Waals surface area contributed by atoms with Gasteiger partial charge in [-0.3, -0.25) is 9.63 Å². The third-order valence-electron chi connectivity index (χ3n) is 3.98. The van der Waals surface area contributed by atoms with Gasteiger partial charge in [-0.1, -0.05) is 6.07 Å². The number of hydrogen-bond donors (Lipinski definition) is 1. The Morgan fingerprint density at radius 1 is 1.38 bits per heavy atom. The highest BCUT2D eigenvalue weighted by molar-refractivity contribution is 5.95. The second-order valence-corrected chi connectivity index (χ2v) is 5.49. The summed E-state index contributed by atoms with van der Waals surface area (Å²) in [4.78, 5) is 19.6. The van der Waals surface area contributed by atoms with Crippen molar-refractivity contribution >= 4 is 11.6 Å². The molecule has 1 N–H and O–H groups in total. The summed E-state index contributed by atoms with van der Waals surface area (Å²) in [7, 11) is 3.11. The highest BCUT2D eigenvalue weighted by Crippen LogP contribution is 2.17. The van der Waals surface area contributed by atoms with Gasteiger partial charge in [-0.15, -0.1) is 0 Å². The van der Waals surface area contributed by atoms with E-state index in [9.17, 15) is 4.79 Å². The van der Waals surface area contributed by atoms with Crippen molar-refractivity contribution in [1.82, 2.24) is 9.96 Å². The molecule has 1 aromatic carbocycles. The van der Waals surface area contributed by atoms with Gasteiger partial charge in [0.25, 0.3) is 5.91 Å². The molecule has 1 aromatic rings. The average molecular weight is 291 g/mol. The first-order chi connectivity index (χ1) is 10.1. The van der Waals surface area contributed by atoms with E-state index in [1.165, 1.54) is 38.1 Å². The van der Waals surface area contributed by atoms with E-state index in [0.29, 0.717) is 5.56 Å². The minimum Gasteiger partial charge on any atom is -0.384 e. The van der Waals surface area contributed by atoms with Crippen LogP contribution >= 0.6 is 0 Å². The third-order valence-corrected chi connectivity index (χ3v) is 3.98. The number of likely N-dealkylation sites (tertiary alicyclic amines) is 1. The molecule has 5 nitrogen and oxygen atoms in total. The molecule has 0 unspecified atom stereocenters. The first-order valence-corrected chi connectivity index (χ1v) is 7.51. The molecule has 1 saturated heterocycles. The number of anilines is 1. The van der Waals surface area contributed by atoms with Crippen molar-refractivity contribution < 1.29 is 9.63 Å². The van der Waals surface area contributed by atoms with Gasteiger partial charge in [0.05, 0.1) is 7.11 Å². The van der Waals surface area contributed by atoms with Crippen molar-refractivity contribution in [3.05, 3.63) is 29.3 Å². The Labute approximate surface area is 126 Å². The van der Waals surface area contributed by atoms with Crippen molar-refractivity contribution in [2.75, 3.05) is 45.7 Å². The number of carbonyl (C=O) groups excluding carboxylic acids is 1. The van der Waals surface area contributed by atoms with E-state index >= 15 is 0 Å². The monoisotopic (exact) mass is 291 g/mol. The number of nitrogens with one attached hydrogen (secondary N) is 1. The summed E-state index contributed by atoms with van der Waals surface area (Å²) in [5.74, 6) is -0.127. The molecular weight excluding hydrogens is 266 g/mol. The highest BCUT2D eigenvalue weighted by Gasteiger charge is 2.15. The Bertz CT molecular complexity index is 484. The van der Waals surface area contributed by atoms with Crippen LogP contribution in [-0.4, -0.2) is 56.2 Å². The van der Waals surface area contributed by atoms with Crippen LogP contribution in [0.2, 0.25) is 0 Å². The van der Waals surface area contributed by atoms with Gasteiger partial charge in [0, 0.05) is 31.4 Å². The molecule has 0 atom stereocenters. The van der Waals surface area contributed by atoms with E-state index in [-0.39, 0.29) is 5.91 Å². The van der Waals surface area contributed by atoms with Gasteiger partial charge in [0.2, 0.25) is 0 Å². The maximum atomic E-state index is 12.2. The van der Waals surface area contributed by atoms with Gasteiger partial charge in [-0.2, -0.15) is 0 Å². The normalized spacial score (nSPS) is 15.2. The zero-order valence-electron chi connectivity index (χ0n) is 13.2. The standard InChI is InChI=1S/C16H25N3O2/c1-13-6-7-14(12-15(13)16(20)18(2)21-3)17-8-11-19-9-4-5-10-19/h6-7,12,17H,4-5,8-11H2,1-3H3. The van der Waals surface area contributed by atoms with E-state index in [0.717, 1.165) is 24.3 Å². The molecule has 5 heteroatoms. The molecule has 1 heterocycles. The lowest BCUT2D eigenvalue weighted by Gasteiger charge is -2.18. The fourth-order valence-corrected chi connectivity index (χ4v) is 2.58. The predicted molar refractivity (Wildman–Crippen MR) is 84.4 cm³/mol. The predicted octanol–water partition coefficient (Wildman–Crippen LogP) is 2.14. The van der Waals surface area contributed by atoms with E-state index < -0.39 is 0 Å². The Kier molecular flexibility index (Phi) is 5.59. The fraction of sp³-hybridized carbons (Fsp3) is 0.562. The molecule has 1 aliphatic rings. The third kappa shape index (κ3) is 4.19. The van der Waals surface area contributed by atoms with Crippen molar-refractivity contribution in [2.45, 2.75) is 19.8 Å². The van der Waals surface area contributed by atoms with Gasteiger partial charge < -0.3 is 10.2 Å². The van der Waals surface area contributed by atoms with Crippen LogP contribution in [0.1, 0.15) is 28.8 Å². The van der Waals surface area contributed by atoms with Gasteiger partial charge in [0.1, 0.15) is 0 Å². The largest absolute Gasteiger partial charge is 0.384 e. The summed E-state index contributed by atoms with van der Waals surface area (Å²) in [6, 6.07) is 5.88. The summed E-state index contributed by atoms with van der Waals surface area (Å²) < 4.78 is 0. The molecule has 0 bridgehead atoms. The van der Waals surface area contributed by atoms with Crippen molar-refractivity contribution in [1.29, 1.82) is 0 Å². The first-order valence-electron chi connectivity index (χ1n) is 7.51. The van der Waals surface area contributed by atoms with Crippen LogP contribution in [0.5, 0.6) is 0 Å². The molecule has 21 heavy (non-hydrogen) atoms. The van der Waals surface area contributed by atoms with Crippen molar-refractivity contribution in [2.24, 2.45) is 0 Å². The lowest BCUT2D eigenvalue weighted by Crippen LogP contribution is -2.27. The molecule has 1 aliphatic heterocycles. The molecule has 0 saturated carbocycles. The number of benzene rings is 1. The van der Waals surface area contributed by atoms with Crippen molar-refractivity contribution in [3.63, 3.8) is 0 Å². The van der Waals surface area contributed by atoms with Crippen LogP contribution in [0, 0.1) is 6.92 Å². The van der Waals surface area contributed by atoms with Gasteiger partial charge in [0.15, 0.2) is 0 Å². The number of aryl methyl sites for hydroxylation is 1. The number of carbonyl (C=O) groups is 1. The van der Waals surface area contributed by atoms with Crippen molar-refractivity contribution in [3.8, 4) is 0 Å². The second kappa shape index (κ2) is 7.43. The smallest absolute Gasteiger partial charge is 0.277 e. The maximum Gasteiger partial charge on any atom is 0.277 e. The zero-order valence-corrected chi connectivity index (χ0v) is 13.2. The van der Waals surface area contributed by atoms with Crippen LogP contribution in [0.3, 0.4) is 0 Å². The average Bonchev–Trinajstić information content (AvgIpc) is 3.00. The number of amides is 1. The maximum absolute atomic E-state index is 12.2. The zero-order chi connectivity index (χ0) is 15.2. The SMILES string of the molecule is CON(C)C(=O)c1cc(NCCN2CCCC2)ccc1C. The molecule has 0 spiro atoms. The van der Waals surface area contributed by atoms with Gasteiger partial charge in [-0.25, -0.2) is 5.06 Å². The van der Waals surface area contributed by atoms with E-state index in [1.54, 1.807) is 7.05 Å². The second-order valence-electron chi connectivity index (χ2n) is 5.49. The molecule has 116 valence electrons. The Hall–Kier alpha value is -1.59. The van der Waals surface area contributed by atoms with Crippen LogP contribution < -0.4 is 5.32 Å².